The van der Waals surface area contributed by atoms with Crippen molar-refractivity contribution in [3.05, 3.63) is 46.5 Å². The van der Waals surface area contributed by atoms with Crippen molar-refractivity contribution in [1.29, 1.82) is 0 Å². The number of hydrogen-bond donors (Lipinski definition) is 0. The first-order chi connectivity index (χ1) is 12.2. The monoisotopic (exact) mass is 336 g/mol. The van der Waals surface area contributed by atoms with Crippen LogP contribution in [0.2, 0.25) is 0 Å². The lowest BCUT2D eigenvalue weighted by Crippen LogP contribution is -2.47. The van der Waals surface area contributed by atoms with Crippen LogP contribution in [0.3, 0.4) is 0 Å². The molecule has 5 heteroatoms. The summed E-state index contributed by atoms with van der Waals surface area (Å²) in [5, 5.41) is 0. The van der Waals surface area contributed by atoms with Gasteiger partial charge in [0, 0.05) is 18.1 Å². The van der Waals surface area contributed by atoms with Gasteiger partial charge in [0.1, 0.15) is 12.2 Å². The lowest BCUT2D eigenvalue weighted by molar-refractivity contribution is -0.854. The van der Waals surface area contributed by atoms with Gasteiger partial charge in [0.25, 0.3) is 0 Å². The van der Waals surface area contributed by atoms with E-state index in [0.717, 1.165) is 47.0 Å². The van der Waals surface area contributed by atoms with Crippen molar-refractivity contribution in [2.45, 2.75) is 13.0 Å². The van der Waals surface area contributed by atoms with E-state index in [1.165, 1.54) is 28.0 Å². The maximum atomic E-state index is 5.75. The van der Waals surface area contributed by atoms with E-state index >= 15 is 0 Å². The number of hydrogen-bond acceptors (Lipinski definition) is 4. The Kier molecular flexibility index (Phi) is 2.44. The van der Waals surface area contributed by atoms with Crippen molar-refractivity contribution in [2.75, 3.05) is 27.2 Å². The third kappa shape index (κ3) is 1.76. The van der Waals surface area contributed by atoms with Crippen molar-refractivity contribution < 1.29 is 23.4 Å². The maximum absolute atomic E-state index is 5.75. The average molecular weight is 336 g/mol. The Balaban J connectivity index is 1.57. The number of rotatable bonds is 0. The molecule has 0 saturated carbocycles. The van der Waals surface area contributed by atoms with Gasteiger partial charge in [-0.15, -0.1) is 0 Å². The molecule has 6 rings (SSSR count). The van der Waals surface area contributed by atoms with Crippen LogP contribution in [0.1, 0.15) is 22.3 Å². The fourth-order valence-electron chi connectivity index (χ4n) is 4.45. The highest BCUT2D eigenvalue weighted by molar-refractivity contribution is 5.84. The molecule has 0 N–H and O–H groups in total. The maximum Gasteiger partial charge on any atom is 0.231 e. The summed E-state index contributed by atoms with van der Waals surface area (Å²) in [5.74, 6) is 3.51. The van der Waals surface area contributed by atoms with E-state index in [0.29, 0.717) is 13.6 Å². The lowest BCUT2D eigenvalue weighted by atomic mass is 9.88. The average Bonchev–Trinajstić information content (AvgIpc) is 3.27. The summed E-state index contributed by atoms with van der Waals surface area (Å²) in [6, 6.07) is 8.45. The Bertz CT molecular complexity index is 965. The SMILES string of the molecule is C[N+]12CCc3cc4c(cc3C1=Cc1ccc3c(c1C2)OCO3)OCO4. The van der Waals surface area contributed by atoms with Crippen LogP contribution in [-0.4, -0.2) is 31.7 Å². The third-order valence-corrected chi connectivity index (χ3v) is 5.81. The van der Waals surface area contributed by atoms with Gasteiger partial charge in [0.05, 0.1) is 19.2 Å². The molecule has 4 aliphatic rings. The molecule has 0 fully saturated rings. The van der Waals surface area contributed by atoms with Gasteiger partial charge < -0.3 is 18.9 Å². The fourth-order valence-corrected chi connectivity index (χ4v) is 4.45. The zero-order valence-electron chi connectivity index (χ0n) is 14.0. The van der Waals surface area contributed by atoms with Crippen molar-refractivity contribution in [3.8, 4) is 23.0 Å². The number of nitrogens with zero attached hydrogens (tertiary/aromatic N) is 1. The lowest BCUT2D eigenvalue weighted by Gasteiger charge is -2.42. The van der Waals surface area contributed by atoms with Crippen molar-refractivity contribution in [2.24, 2.45) is 0 Å². The van der Waals surface area contributed by atoms with Crippen LogP contribution in [-0.2, 0) is 13.0 Å². The van der Waals surface area contributed by atoms with Gasteiger partial charge in [-0.3, -0.25) is 4.48 Å². The van der Waals surface area contributed by atoms with E-state index in [9.17, 15) is 0 Å². The van der Waals surface area contributed by atoms with Gasteiger partial charge in [-0.2, -0.15) is 0 Å². The van der Waals surface area contributed by atoms with Gasteiger partial charge >= 0.3 is 0 Å². The van der Waals surface area contributed by atoms with E-state index in [-0.39, 0.29) is 0 Å². The quantitative estimate of drug-likeness (QED) is 0.693. The number of benzene rings is 2. The first kappa shape index (κ1) is 13.6. The standard InChI is InChI=1S/C20H18NO4/c1-21-5-4-13-7-18-19(24-10-23-18)8-14(13)16(21)6-12-2-3-17-20(15(12)9-21)25-11-22-17/h2-3,6-8H,4-5,9-11H2,1H3/q+1. The Hall–Kier alpha value is -2.66. The molecule has 4 heterocycles. The van der Waals surface area contributed by atoms with Crippen LogP contribution < -0.4 is 18.9 Å². The molecule has 126 valence electrons. The minimum Gasteiger partial charge on any atom is -0.454 e. The molecule has 0 bridgehead atoms. The second-order valence-corrected chi connectivity index (χ2v) is 7.29. The smallest absolute Gasteiger partial charge is 0.231 e. The molecule has 5 nitrogen and oxygen atoms in total. The molecular formula is C20H18NO4+. The summed E-state index contributed by atoms with van der Waals surface area (Å²) in [6.45, 7) is 2.61. The zero-order chi connectivity index (χ0) is 16.6. The van der Waals surface area contributed by atoms with E-state index < -0.39 is 0 Å². The van der Waals surface area contributed by atoms with Crippen molar-refractivity contribution in [1.82, 2.24) is 0 Å². The summed E-state index contributed by atoms with van der Waals surface area (Å²) in [6.07, 6.45) is 3.34. The normalized spacial score (nSPS) is 24.3. The Morgan fingerprint density at radius 2 is 1.72 bits per heavy atom. The largest absolute Gasteiger partial charge is 0.454 e. The first-order valence-corrected chi connectivity index (χ1v) is 8.62. The van der Waals surface area contributed by atoms with Crippen LogP contribution in [0.4, 0.5) is 0 Å². The predicted octanol–water partition coefficient (Wildman–Crippen LogP) is 3.16. The number of likely N-dealkylation sites (N-methyl/N-ethyl adjacent to an activating group) is 1. The van der Waals surface area contributed by atoms with Crippen LogP contribution in [0.15, 0.2) is 24.3 Å². The second-order valence-electron chi connectivity index (χ2n) is 7.29. The topological polar surface area (TPSA) is 36.9 Å². The Labute approximate surface area is 145 Å². The van der Waals surface area contributed by atoms with Crippen LogP contribution in [0.25, 0.3) is 11.8 Å². The molecular weight excluding hydrogens is 318 g/mol. The Morgan fingerprint density at radius 1 is 0.920 bits per heavy atom. The Morgan fingerprint density at radius 3 is 2.64 bits per heavy atom. The first-order valence-electron chi connectivity index (χ1n) is 8.62. The van der Waals surface area contributed by atoms with E-state index in [4.69, 9.17) is 18.9 Å². The van der Waals surface area contributed by atoms with Gasteiger partial charge in [-0.25, -0.2) is 0 Å². The molecule has 0 aliphatic carbocycles. The molecule has 0 amide bonds. The van der Waals surface area contributed by atoms with E-state index in [1.807, 2.05) is 6.07 Å². The molecule has 25 heavy (non-hydrogen) atoms. The van der Waals surface area contributed by atoms with Crippen LogP contribution >= 0.6 is 0 Å². The molecule has 0 aromatic heterocycles. The molecule has 0 saturated heterocycles. The van der Waals surface area contributed by atoms with Gasteiger partial charge in [-0.1, -0.05) is 6.07 Å². The van der Waals surface area contributed by atoms with Crippen LogP contribution in [0, 0.1) is 0 Å². The van der Waals surface area contributed by atoms with Crippen molar-refractivity contribution >= 4 is 11.8 Å². The number of fused-ring (bicyclic) bond motifs is 7. The van der Waals surface area contributed by atoms with E-state index in [1.54, 1.807) is 0 Å². The molecule has 0 radical (unpaired) electrons. The number of quaternary nitrogens is 1. The van der Waals surface area contributed by atoms with Gasteiger partial charge in [0.15, 0.2) is 23.0 Å². The van der Waals surface area contributed by atoms with Crippen molar-refractivity contribution in [3.63, 3.8) is 0 Å². The minimum absolute atomic E-state index is 0.315. The predicted molar refractivity (Wildman–Crippen MR) is 91.5 cm³/mol. The number of ether oxygens (including phenoxy) is 4. The molecule has 1 unspecified atom stereocenters. The zero-order valence-corrected chi connectivity index (χ0v) is 14.0. The highest BCUT2D eigenvalue weighted by Crippen LogP contribution is 2.49. The summed E-state index contributed by atoms with van der Waals surface area (Å²) in [5.41, 5.74) is 6.44. The van der Waals surface area contributed by atoms with Gasteiger partial charge in [-0.05, 0) is 29.3 Å². The van der Waals surface area contributed by atoms with E-state index in [2.05, 4.69) is 31.3 Å². The molecule has 2 aromatic carbocycles. The summed E-state index contributed by atoms with van der Waals surface area (Å²) < 4.78 is 23.4. The summed E-state index contributed by atoms with van der Waals surface area (Å²) in [7, 11) is 2.30. The molecule has 2 aromatic rings. The molecule has 4 aliphatic heterocycles. The highest BCUT2D eigenvalue weighted by atomic mass is 16.7. The molecule has 1 atom stereocenters. The van der Waals surface area contributed by atoms with Gasteiger partial charge in [0.2, 0.25) is 13.6 Å². The minimum atomic E-state index is 0.315. The summed E-state index contributed by atoms with van der Waals surface area (Å²) in [4.78, 5) is 0. The van der Waals surface area contributed by atoms with Crippen LogP contribution in [0.5, 0.6) is 23.0 Å². The molecule has 0 spiro atoms. The fraction of sp³-hybridized carbons (Fsp3) is 0.300. The highest BCUT2D eigenvalue weighted by Gasteiger charge is 2.41. The summed E-state index contributed by atoms with van der Waals surface area (Å²) >= 11 is 0. The third-order valence-electron chi connectivity index (χ3n) is 5.81. The second kappa shape index (κ2) is 4.49.